The standard InChI is InChI=1S/C5H11O8P.Ca/c6-1-3(7)5(9)4(8)2-13-14(10,11)12;/h1,3-5,7-9H,2H2,(H2,10,11,12);/q;+2/p-2/t3-,4+,5-;/m0./s1. The number of carbonyl (C=O) groups is 1. The third-order valence-electron chi connectivity index (χ3n) is 1.29. The molecule has 0 bridgehead atoms. The quantitative estimate of drug-likeness (QED) is 0.249. The number of aldehydes is 1. The average Bonchev–Trinajstić information content (AvgIpc) is 2.10. The van der Waals surface area contributed by atoms with E-state index in [1.807, 2.05) is 0 Å². The van der Waals surface area contributed by atoms with Gasteiger partial charge in [0.25, 0.3) is 0 Å². The molecule has 10 heteroatoms. The molecule has 84 valence electrons. The molecule has 0 aliphatic rings. The van der Waals surface area contributed by atoms with Crippen LogP contribution in [0.4, 0.5) is 0 Å². The van der Waals surface area contributed by atoms with Crippen molar-refractivity contribution in [3.63, 3.8) is 0 Å². The Hall–Kier alpha value is 0.920. The van der Waals surface area contributed by atoms with Crippen molar-refractivity contribution in [2.75, 3.05) is 6.61 Å². The van der Waals surface area contributed by atoms with Gasteiger partial charge in [0.2, 0.25) is 0 Å². The van der Waals surface area contributed by atoms with Gasteiger partial charge >= 0.3 is 37.7 Å². The molecule has 0 amide bonds. The van der Waals surface area contributed by atoms with Crippen LogP contribution >= 0.6 is 7.82 Å². The van der Waals surface area contributed by atoms with Crippen molar-refractivity contribution in [3.05, 3.63) is 0 Å². The van der Waals surface area contributed by atoms with Gasteiger partial charge in [-0.05, 0) is 0 Å². The van der Waals surface area contributed by atoms with E-state index in [1.54, 1.807) is 0 Å². The number of phosphoric acid groups is 1. The Balaban J connectivity index is 0. The van der Waals surface area contributed by atoms with Crippen molar-refractivity contribution in [3.8, 4) is 0 Å². The largest absolute Gasteiger partial charge is 2.00 e. The second kappa shape index (κ2) is 8.08. The zero-order valence-corrected chi connectivity index (χ0v) is 10.7. The van der Waals surface area contributed by atoms with Crippen LogP contribution in [0.3, 0.4) is 0 Å². The number of hydrogen-bond acceptors (Lipinski definition) is 8. The van der Waals surface area contributed by atoms with E-state index < -0.39 is 32.7 Å². The van der Waals surface area contributed by atoms with Crippen molar-refractivity contribution in [1.82, 2.24) is 0 Å². The van der Waals surface area contributed by atoms with Gasteiger partial charge in [0.1, 0.15) is 18.3 Å². The fraction of sp³-hybridized carbons (Fsp3) is 0.800. The molecule has 0 fully saturated rings. The van der Waals surface area contributed by atoms with Crippen LogP contribution in [0.1, 0.15) is 0 Å². The van der Waals surface area contributed by atoms with Crippen LogP contribution in [-0.2, 0) is 13.9 Å². The fourth-order valence-electron chi connectivity index (χ4n) is 0.574. The molecule has 15 heavy (non-hydrogen) atoms. The van der Waals surface area contributed by atoms with Crippen LogP contribution in [0.5, 0.6) is 0 Å². The Morgan fingerprint density at radius 1 is 1.33 bits per heavy atom. The van der Waals surface area contributed by atoms with E-state index in [9.17, 15) is 19.1 Å². The van der Waals surface area contributed by atoms with Crippen LogP contribution < -0.4 is 9.79 Å². The molecule has 0 aliphatic heterocycles. The van der Waals surface area contributed by atoms with E-state index in [1.165, 1.54) is 0 Å². The number of rotatable bonds is 6. The first-order chi connectivity index (χ1) is 6.28. The minimum Gasteiger partial charge on any atom is -0.790 e. The van der Waals surface area contributed by atoms with Crippen LogP contribution in [-0.4, -0.2) is 84.3 Å². The summed E-state index contributed by atoms with van der Waals surface area (Å²) in [6, 6.07) is 0. The molecule has 0 heterocycles. The monoisotopic (exact) mass is 268 g/mol. The van der Waals surface area contributed by atoms with E-state index in [4.69, 9.17) is 15.3 Å². The molecule has 0 unspecified atom stereocenters. The first-order valence-corrected chi connectivity index (χ1v) is 4.90. The van der Waals surface area contributed by atoms with Crippen molar-refractivity contribution in [2.45, 2.75) is 18.3 Å². The maximum Gasteiger partial charge on any atom is 2.00 e. The molecule has 8 nitrogen and oxygen atoms in total. The van der Waals surface area contributed by atoms with Crippen LogP contribution in [0.25, 0.3) is 0 Å². The first kappa shape index (κ1) is 18.3. The molecule has 0 aromatic rings. The van der Waals surface area contributed by atoms with E-state index in [0.29, 0.717) is 0 Å². The van der Waals surface area contributed by atoms with E-state index in [-0.39, 0.29) is 44.0 Å². The molecule has 0 aromatic heterocycles. The summed E-state index contributed by atoms with van der Waals surface area (Å²) < 4.78 is 13.5. The third-order valence-corrected chi connectivity index (χ3v) is 1.75. The first-order valence-electron chi connectivity index (χ1n) is 3.44. The van der Waals surface area contributed by atoms with Crippen LogP contribution in [0, 0.1) is 0 Å². The summed E-state index contributed by atoms with van der Waals surface area (Å²) in [6.07, 6.45) is -5.67. The Morgan fingerprint density at radius 3 is 2.13 bits per heavy atom. The molecule has 0 rings (SSSR count). The van der Waals surface area contributed by atoms with Gasteiger partial charge in [0.15, 0.2) is 6.29 Å². The van der Waals surface area contributed by atoms with Crippen LogP contribution in [0.2, 0.25) is 0 Å². The molecule has 0 spiro atoms. The molecular formula is C5H9CaO8P. The molecule has 0 saturated heterocycles. The van der Waals surface area contributed by atoms with E-state index in [2.05, 4.69) is 4.52 Å². The minimum atomic E-state index is -5.24. The smallest absolute Gasteiger partial charge is 0.790 e. The molecule has 0 saturated carbocycles. The number of hydrogen-bond donors (Lipinski definition) is 3. The summed E-state index contributed by atoms with van der Waals surface area (Å²) in [5.41, 5.74) is 0. The normalized spacial score (nSPS) is 17.4. The second-order valence-electron chi connectivity index (χ2n) is 2.43. The van der Waals surface area contributed by atoms with Crippen LogP contribution in [0.15, 0.2) is 0 Å². The topological polar surface area (TPSA) is 150 Å². The molecule has 0 radical (unpaired) electrons. The predicted octanol–water partition coefficient (Wildman–Crippen LogP) is -4.27. The third kappa shape index (κ3) is 8.70. The molecule has 0 aromatic carbocycles. The Morgan fingerprint density at radius 2 is 1.80 bits per heavy atom. The maximum atomic E-state index is 9.92. The van der Waals surface area contributed by atoms with Gasteiger partial charge in [0.05, 0.1) is 14.4 Å². The van der Waals surface area contributed by atoms with Gasteiger partial charge in [-0.2, -0.15) is 0 Å². The van der Waals surface area contributed by atoms with Gasteiger partial charge in [0, 0.05) is 0 Å². The Kier molecular flexibility index (Phi) is 9.85. The van der Waals surface area contributed by atoms with E-state index >= 15 is 0 Å². The average molecular weight is 268 g/mol. The summed E-state index contributed by atoms with van der Waals surface area (Å²) in [5, 5.41) is 26.4. The van der Waals surface area contributed by atoms with Crippen molar-refractivity contribution in [1.29, 1.82) is 0 Å². The maximum absolute atomic E-state index is 9.92. The molecule has 3 N–H and O–H groups in total. The Labute approximate surface area is 115 Å². The molecule has 0 aliphatic carbocycles. The van der Waals surface area contributed by atoms with E-state index in [0.717, 1.165) is 0 Å². The van der Waals surface area contributed by atoms with Gasteiger partial charge in [-0.1, -0.05) is 0 Å². The summed E-state index contributed by atoms with van der Waals surface area (Å²) >= 11 is 0. The Bertz CT molecular complexity index is 229. The SMILES string of the molecule is O=C[C@H](O)[C@H](O)[C@H](O)COP(=O)([O-])[O-].[Ca+2]. The van der Waals surface area contributed by atoms with Gasteiger partial charge in [-0.15, -0.1) is 0 Å². The minimum absolute atomic E-state index is 0. The summed E-state index contributed by atoms with van der Waals surface area (Å²) in [5.74, 6) is 0. The summed E-state index contributed by atoms with van der Waals surface area (Å²) in [7, 11) is -5.24. The van der Waals surface area contributed by atoms with Gasteiger partial charge in [-0.3, -0.25) is 0 Å². The zero-order chi connectivity index (χ0) is 11.4. The number of aliphatic hydroxyl groups excluding tert-OH is 3. The van der Waals surface area contributed by atoms with Crippen molar-refractivity contribution >= 4 is 51.8 Å². The zero-order valence-electron chi connectivity index (χ0n) is 7.55. The number of aliphatic hydroxyl groups is 3. The van der Waals surface area contributed by atoms with Crippen molar-refractivity contribution < 1.29 is 39.0 Å². The van der Waals surface area contributed by atoms with Gasteiger partial charge in [-0.25, -0.2) is 0 Å². The van der Waals surface area contributed by atoms with Crippen molar-refractivity contribution in [2.24, 2.45) is 0 Å². The molecular weight excluding hydrogens is 259 g/mol. The number of phosphoric ester groups is 1. The summed E-state index contributed by atoms with van der Waals surface area (Å²) in [6.45, 7) is -1.02. The number of carbonyl (C=O) groups excluding carboxylic acids is 1. The molecule has 3 atom stereocenters. The fourth-order valence-corrected chi connectivity index (χ4v) is 0.910. The predicted molar refractivity (Wildman–Crippen MR) is 43.4 cm³/mol. The second-order valence-corrected chi connectivity index (χ2v) is 3.58. The van der Waals surface area contributed by atoms with Gasteiger partial charge < -0.3 is 39.0 Å². The summed E-state index contributed by atoms with van der Waals surface area (Å²) in [4.78, 5) is 29.8.